The molecule has 6 nitrogen and oxygen atoms in total. The molecule has 0 aliphatic heterocycles. The first-order chi connectivity index (χ1) is 12.1. The van der Waals surface area contributed by atoms with E-state index in [2.05, 4.69) is 16.0 Å². The van der Waals surface area contributed by atoms with Crippen LogP contribution < -0.4 is 9.47 Å². The molecule has 6 heteroatoms. The molecule has 3 rings (SSSR count). The molecule has 1 N–H and O–H groups in total. The minimum absolute atomic E-state index is 0.297. The van der Waals surface area contributed by atoms with Crippen LogP contribution in [0.4, 0.5) is 0 Å². The smallest absolute Gasteiger partial charge is 0.308 e. The van der Waals surface area contributed by atoms with Crippen molar-refractivity contribution < 1.29 is 14.3 Å². The summed E-state index contributed by atoms with van der Waals surface area (Å²) in [6.45, 7) is 1.32. The van der Waals surface area contributed by atoms with E-state index in [0.717, 1.165) is 11.0 Å². The van der Waals surface area contributed by atoms with Crippen LogP contribution in [0.15, 0.2) is 42.5 Å². The number of methoxy groups -OCH3 is 1. The molecule has 0 amide bonds. The zero-order valence-corrected chi connectivity index (χ0v) is 13.7. The number of fused-ring (bicyclic) bond motifs is 1. The number of carbonyl (C=O) groups excluding carboxylic acids is 1. The van der Waals surface area contributed by atoms with Gasteiger partial charge in [0.1, 0.15) is 11.9 Å². The molecule has 0 atom stereocenters. The first-order valence-electron chi connectivity index (χ1n) is 7.54. The number of ether oxygens (including phenoxy) is 2. The van der Waals surface area contributed by atoms with Crippen molar-refractivity contribution in [3.8, 4) is 17.6 Å². The standard InChI is InChI=1S/C19H15N3O3/c1-12(23)25-18-10-13(7-8-17(18)24-2)9-14(11-20)19-21-15-5-3-4-6-16(15)22-19/h3-10H,1-2H3,(H,21,22). The van der Waals surface area contributed by atoms with Crippen LogP contribution in [0.3, 0.4) is 0 Å². The van der Waals surface area contributed by atoms with Crippen molar-refractivity contribution in [3.63, 3.8) is 0 Å². The Kier molecular flexibility index (Phi) is 4.48. The van der Waals surface area contributed by atoms with Gasteiger partial charge in [-0.1, -0.05) is 18.2 Å². The molecule has 124 valence electrons. The number of hydrogen-bond acceptors (Lipinski definition) is 5. The summed E-state index contributed by atoms with van der Waals surface area (Å²) < 4.78 is 10.3. The lowest BCUT2D eigenvalue weighted by molar-refractivity contribution is -0.132. The minimum Gasteiger partial charge on any atom is -0.493 e. The van der Waals surface area contributed by atoms with E-state index in [1.165, 1.54) is 14.0 Å². The van der Waals surface area contributed by atoms with Gasteiger partial charge < -0.3 is 14.5 Å². The molecule has 1 heterocycles. The summed E-state index contributed by atoms with van der Waals surface area (Å²) in [5.41, 5.74) is 2.70. The number of imidazole rings is 1. The van der Waals surface area contributed by atoms with Crippen LogP contribution in [-0.2, 0) is 4.79 Å². The highest BCUT2D eigenvalue weighted by molar-refractivity contribution is 5.90. The van der Waals surface area contributed by atoms with Crippen molar-refractivity contribution in [3.05, 3.63) is 53.9 Å². The highest BCUT2D eigenvalue weighted by Gasteiger charge is 2.10. The van der Waals surface area contributed by atoms with Crippen molar-refractivity contribution in [2.75, 3.05) is 7.11 Å². The van der Waals surface area contributed by atoms with Gasteiger partial charge in [-0.15, -0.1) is 0 Å². The molecule has 2 aromatic carbocycles. The van der Waals surface area contributed by atoms with Gasteiger partial charge in [0.05, 0.1) is 23.7 Å². The number of nitrogens with one attached hydrogen (secondary N) is 1. The lowest BCUT2D eigenvalue weighted by Gasteiger charge is -2.08. The van der Waals surface area contributed by atoms with E-state index in [0.29, 0.717) is 28.5 Å². The summed E-state index contributed by atoms with van der Waals surface area (Å²) >= 11 is 0. The summed E-state index contributed by atoms with van der Waals surface area (Å²) in [5, 5.41) is 9.49. The molecule has 0 aliphatic carbocycles. The van der Waals surface area contributed by atoms with Crippen LogP contribution in [0.1, 0.15) is 18.3 Å². The van der Waals surface area contributed by atoms with E-state index in [4.69, 9.17) is 9.47 Å². The maximum absolute atomic E-state index is 11.2. The second kappa shape index (κ2) is 6.89. The third-order valence-corrected chi connectivity index (χ3v) is 3.52. The molecule has 25 heavy (non-hydrogen) atoms. The van der Waals surface area contributed by atoms with E-state index in [-0.39, 0.29) is 0 Å². The topological polar surface area (TPSA) is 88.0 Å². The van der Waals surface area contributed by atoms with Gasteiger partial charge in [0, 0.05) is 6.92 Å². The molecule has 1 aromatic heterocycles. The molecule has 0 spiro atoms. The van der Waals surface area contributed by atoms with Crippen molar-refractivity contribution in [1.82, 2.24) is 9.97 Å². The highest BCUT2D eigenvalue weighted by Crippen LogP contribution is 2.30. The quantitative estimate of drug-likeness (QED) is 0.448. The SMILES string of the molecule is COc1ccc(C=C(C#N)c2nc3ccccc3[nH]2)cc1OC(C)=O. The van der Waals surface area contributed by atoms with Crippen molar-refractivity contribution in [2.24, 2.45) is 0 Å². The molecule has 3 aromatic rings. The van der Waals surface area contributed by atoms with Crippen LogP contribution in [0.25, 0.3) is 22.7 Å². The van der Waals surface area contributed by atoms with Gasteiger partial charge >= 0.3 is 5.97 Å². The lowest BCUT2D eigenvalue weighted by atomic mass is 10.1. The number of esters is 1. The average Bonchev–Trinajstić information content (AvgIpc) is 3.03. The minimum atomic E-state index is -0.447. The Morgan fingerprint density at radius 2 is 2.04 bits per heavy atom. The number of benzene rings is 2. The van der Waals surface area contributed by atoms with Gasteiger partial charge in [0.2, 0.25) is 0 Å². The van der Waals surface area contributed by atoms with Gasteiger partial charge in [-0.2, -0.15) is 5.26 Å². The molecule has 0 unspecified atom stereocenters. The molecule has 0 aliphatic rings. The number of para-hydroxylation sites is 2. The normalized spacial score (nSPS) is 11.2. The number of carbonyl (C=O) groups is 1. The Balaban J connectivity index is 2.02. The maximum atomic E-state index is 11.2. The molecular formula is C19H15N3O3. The van der Waals surface area contributed by atoms with Gasteiger partial charge in [-0.25, -0.2) is 4.98 Å². The predicted molar refractivity (Wildman–Crippen MR) is 93.9 cm³/mol. The zero-order valence-electron chi connectivity index (χ0n) is 13.7. The molecule has 0 radical (unpaired) electrons. The average molecular weight is 333 g/mol. The number of aromatic amines is 1. The Labute approximate surface area is 144 Å². The van der Waals surface area contributed by atoms with Crippen LogP contribution in [-0.4, -0.2) is 23.0 Å². The van der Waals surface area contributed by atoms with E-state index < -0.39 is 5.97 Å². The number of hydrogen-bond donors (Lipinski definition) is 1. The fraction of sp³-hybridized carbons (Fsp3) is 0.105. The molecular weight excluding hydrogens is 318 g/mol. The monoisotopic (exact) mass is 333 g/mol. The van der Waals surface area contributed by atoms with Crippen molar-refractivity contribution in [2.45, 2.75) is 6.92 Å². The van der Waals surface area contributed by atoms with Crippen LogP contribution >= 0.6 is 0 Å². The first kappa shape index (κ1) is 16.3. The fourth-order valence-corrected chi connectivity index (χ4v) is 2.42. The van der Waals surface area contributed by atoms with Crippen LogP contribution in [0.2, 0.25) is 0 Å². The largest absolute Gasteiger partial charge is 0.493 e. The second-order valence-electron chi connectivity index (χ2n) is 5.28. The number of allylic oxidation sites excluding steroid dienone is 1. The highest BCUT2D eigenvalue weighted by atomic mass is 16.6. The van der Waals surface area contributed by atoms with E-state index in [9.17, 15) is 10.1 Å². The van der Waals surface area contributed by atoms with Crippen molar-refractivity contribution in [1.29, 1.82) is 5.26 Å². The Morgan fingerprint density at radius 3 is 2.72 bits per heavy atom. The number of nitrogens with zero attached hydrogens (tertiary/aromatic N) is 2. The summed E-state index contributed by atoms with van der Waals surface area (Å²) in [5.74, 6) is 0.769. The van der Waals surface area contributed by atoms with Gasteiger partial charge in [0.25, 0.3) is 0 Å². The second-order valence-corrected chi connectivity index (χ2v) is 5.28. The molecule has 0 bridgehead atoms. The van der Waals surface area contributed by atoms with E-state index in [1.807, 2.05) is 24.3 Å². The summed E-state index contributed by atoms with van der Waals surface area (Å²) in [7, 11) is 1.49. The van der Waals surface area contributed by atoms with Crippen molar-refractivity contribution >= 4 is 28.7 Å². The zero-order chi connectivity index (χ0) is 17.8. The number of H-pyrrole nitrogens is 1. The van der Waals surface area contributed by atoms with E-state index in [1.54, 1.807) is 24.3 Å². The Morgan fingerprint density at radius 1 is 1.24 bits per heavy atom. The molecule has 0 saturated heterocycles. The lowest BCUT2D eigenvalue weighted by Crippen LogP contribution is -2.03. The number of rotatable bonds is 4. The molecule has 0 saturated carbocycles. The van der Waals surface area contributed by atoms with Crippen LogP contribution in [0, 0.1) is 11.3 Å². The summed E-state index contributed by atoms with van der Waals surface area (Å²) in [4.78, 5) is 18.8. The third-order valence-electron chi connectivity index (χ3n) is 3.52. The van der Waals surface area contributed by atoms with Gasteiger partial charge in [-0.3, -0.25) is 4.79 Å². The fourth-order valence-electron chi connectivity index (χ4n) is 2.42. The molecule has 0 fully saturated rings. The van der Waals surface area contributed by atoms with E-state index >= 15 is 0 Å². The van der Waals surface area contributed by atoms with Crippen LogP contribution in [0.5, 0.6) is 11.5 Å². The number of nitriles is 1. The summed E-state index contributed by atoms with van der Waals surface area (Å²) in [6, 6.07) is 14.8. The first-order valence-corrected chi connectivity index (χ1v) is 7.54. The predicted octanol–water partition coefficient (Wildman–Crippen LogP) is 3.56. The Bertz CT molecular complexity index is 979. The van der Waals surface area contributed by atoms with Gasteiger partial charge in [-0.05, 0) is 35.9 Å². The third kappa shape index (κ3) is 3.51. The van der Waals surface area contributed by atoms with Gasteiger partial charge in [0.15, 0.2) is 11.5 Å². The summed E-state index contributed by atoms with van der Waals surface area (Å²) in [6.07, 6.45) is 1.67. The maximum Gasteiger partial charge on any atom is 0.308 e. The Hall–Kier alpha value is -3.59. The number of aromatic nitrogens is 2.